The van der Waals surface area contributed by atoms with Crippen LogP contribution in [0, 0.1) is 6.92 Å². The highest BCUT2D eigenvalue weighted by Gasteiger charge is 2.13. The molecule has 2 rings (SSSR count). The van der Waals surface area contributed by atoms with Crippen molar-refractivity contribution in [2.24, 2.45) is 0 Å². The van der Waals surface area contributed by atoms with Crippen LogP contribution >= 0.6 is 0 Å². The van der Waals surface area contributed by atoms with Crippen molar-refractivity contribution in [2.75, 3.05) is 0 Å². The average Bonchev–Trinajstić information content (AvgIpc) is 2.36. The molecule has 2 N–H and O–H groups in total. The lowest BCUT2D eigenvalue weighted by Crippen LogP contribution is -3.00. The second kappa shape index (κ2) is 6.33. The first-order valence-electron chi connectivity index (χ1n) is 5.43. The van der Waals surface area contributed by atoms with E-state index in [0.717, 1.165) is 5.56 Å². The van der Waals surface area contributed by atoms with Gasteiger partial charge in [-0.1, -0.05) is 6.07 Å². The van der Waals surface area contributed by atoms with Crippen LogP contribution in [0.15, 0.2) is 36.8 Å². The quantitative estimate of drug-likeness (QED) is 0.628. The maximum atomic E-state index is 9.82. The van der Waals surface area contributed by atoms with E-state index in [1.165, 1.54) is 0 Å². The van der Waals surface area contributed by atoms with Gasteiger partial charge in [0.05, 0.1) is 12.3 Å². The lowest BCUT2D eigenvalue weighted by molar-refractivity contribution is -0.688. The van der Waals surface area contributed by atoms with Gasteiger partial charge in [0.2, 0.25) is 0 Å². The van der Waals surface area contributed by atoms with Crippen LogP contribution in [-0.2, 0) is 13.2 Å². The Morgan fingerprint density at radius 1 is 1.22 bits per heavy atom. The number of aromatic hydroxyl groups is 1. The summed E-state index contributed by atoms with van der Waals surface area (Å²) in [5.74, 6) is 0.0848. The Morgan fingerprint density at radius 2 is 1.89 bits per heavy atom. The molecule has 18 heavy (non-hydrogen) atoms. The van der Waals surface area contributed by atoms with Gasteiger partial charge in [-0.25, -0.2) is 4.57 Å². The summed E-state index contributed by atoms with van der Waals surface area (Å²) in [6.07, 6.45) is 5.55. The van der Waals surface area contributed by atoms with Crippen LogP contribution < -0.4 is 17.0 Å². The summed E-state index contributed by atoms with van der Waals surface area (Å²) >= 11 is 0. The lowest BCUT2D eigenvalue weighted by atomic mass is 10.1. The number of aliphatic hydroxyl groups is 1. The molecule has 0 bridgehead atoms. The van der Waals surface area contributed by atoms with Gasteiger partial charge in [-0.2, -0.15) is 0 Å². The highest BCUT2D eigenvalue weighted by molar-refractivity contribution is 5.39. The molecule has 0 aromatic carbocycles. The third kappa shape index (κ3) is 2.97. The Balaban J connectivity index is 0.00000162. The van der Waals surface area contributed by atoms with Crippen molar-refractivity contribution >= 4 is 0 Å². The number of hydrogen-bond donors (Lipinski definition) is 2. The lowest BCUT2D eigenvalue weighted by Gasteiger charge is -2.08. The highest BCUT2D eigenvalue weighted by Crippen LogP contribution is 2.23. The largest absolute Gasteiger partial charge is 1.00 e. The molecule has 2 aromatic rings. The first-order valence-corrected chi connectivity index (χ1v) is 5.43. The molecule has 0 spiro atoms. The van der Waals surface area contributed by atoms with Gasteiger partial charge in [0.15, 0.2) is 18.9 Å². The third-order valence-corrected chi connectivity index (χ3v) is 2.72. The number of nitrogens with zero attached hydrogens (tertiary/aromatic N) is 2. The molecule has 0 aliphatic rings. The third-order valence-electron chi connectivity index (χ3n) is 2.72. The van der Waals surface area contributed by atoms with Gasteiger partial charge in [-0.15, -0.1) is 0 Å². The topological polar surface area (TPSA) is 57.2 Å². The predicted molar refractivity (Wildman–Crippen MR) is 62.3 cm³/mol. The van der Waals surface area contributed by atoms with Crippen molar-refractivity contribution in [2.45, 2.75) is 20.1 Å². The van der Waals surface area contributed by atoms with Crippen LogP contribution in [0.25, 0.3) is 0 Å². The number of hydrogen-bond acceptors (Lipinski definition) is 3. The van der Waals surface area contributed by atoms with E-state index in [-0.39, 0.29) is 24.8 Å². The fraction of sp³-hybridized carbons (Fsp3) is 0.231. The zero-order chi connectivity index (χ0) is 12.3. The summed E-state index contributed by atoms with van der Waals surface area (Å²) in [5.41, 5.74) is 1.91. The van der Waals surface area contributed by atoms with Crippen LogP contribution in [0.2, 0.25) is 0 Å². The normalized spacial score (nSPS) is 9.89. The second-order valence-corrected chi connectivity index (χ2v) is 3.90. The molecule has 0 aliphatic carbocycles. The first-order chi connectivity index (χ1) is 8.22. The maximum absolute atomic E-state index is 9.82. The minimum Gasteiger partial charge on any atom is -1.00 e. The van der Waals surface area contributed by atoms with E-state index in [9.17, 15) is 10.2 Å². The van der Waals surface area contributed by atoms with Crippen LogP contribution in [0.4, 0.5) is 0 Å². The van der Waals surface area contributed by atoms with Gasteiger partial charge in [0.25, 0.3) is 0 Å². The van der Waals surface area contributed by atoms with Crippen molar-refractivity contribution in [3.05, 3.63) is 53.6 Å². The maximum Gasteiger partial charge on any atom is 0.175 e. The summed E-state index contributed by atoms with van der Waals surface area (Å²) in [6.45, 7) is 2.11. The van der Waals surface area contributed by atoms with E-state index >= 15 is 0 Å². The van der Waals surface area contributed by atoms with Crippen LogP contribution in [-0.4, -0.2) is 15.2 Å². The molecule has 0 saturated carbocycles. The SMILES string of the molecule is Cc1ncc(C[n+]2ccccc2)c(CO)c1O.[Cl-]. The van der Waals surface area contributed by atoms with E-state index in [0.29, 0.717) is 17.8 Å². The number of aliphatic hydroxyl groups excluding tert-OH is 1. The Kier molecular flexibility index (Phi) is 5.07. The number of aryl methyl sites for hydroxylation is 1. The number of aromatic nitrogens is 2. The number of pyridine rings is 2. The first kappa shape index (κ1) is 14.4. The molecule has 0 radical (unpaired) electrons. The van der Waals surface area contributed by atoms with E-state index < -0.39 is 0 Å². The summed E-state index contributed by atoms with van der Waals surface area (Å²) in [7, 11) is 0. The van der Waals surface area contributed by atoms with Crippen LogP contribution in [0.5, 0.6) is 5.75 Å². The fourth-order valence-electron chi connectivity index (χ4n) is 1.73. The van der Waals surface area contributed by atoms with Crippen LogP contribution in [0.1, 0.15) is 16.8 Å². The van der Waals surface area contributed by atoms with Gasteiger partial charge >= 0.3 is 0 Å². The highest BCUT2D eigenvalue weighted by atomic mass is 35.5. The summed E-state index contributed by atoms with van der Waals surface area (Å²) in [5, 5.41) is 19.1. The number of rotatable bonds is 3. The van der Waals surface area contributed by atoms with E-state index in [1.54, 1.807) is 13.1 Å². The molecule has 0 fully saturated rings. The molecule has 4 nitrogen and oxygen atoms in total. The van der Waals surface area contributed by atoms with Gasteiger partial charge < -0.3 is 22.6 Å². The molecule has 0 amide bonds. The fourth-order valence-corrected chi connectivity index (χ4v) is 1.73. The molecule has 5 heteroatoms. The van der Waals surface area contributed by atoms with Gasteiger partial charge in [0.1, 0.15) is 5.75 Å². The zero-order valence-electron chi connectivity index (χ0n) is 10.0. The molecular weight excluding hydrogens is 252 g/mol. The standard InChI is InChI=1S/C13H14N2O2.ClH/c1-10-13(17)12(9-16)11(7-14-10)8-15-5-3-2-4-6-15;/h2-7,16H,8-9H2,1H3;1H. The van der Waals surface area contributed by atoms with E-state index in [4.69, 9.17) is 0 Å². The summed E-state index contributed by atoms with van der Waals surface area (Å²) < 4.78 is 1.96. The summed E-state index contributed by atoms with van der Waals surface area (Å²) in [4.78, 5) is 4.11. The van der Waals surface area contributed by atoms with Gasteiger partial charge in [-0.05, 0) is 6.92 Å². The van der Waals surface area contributed by atoms with E-state index in [1.807, 2.05) is 35.2 Å². The smallest absolute Gasteiger partial charge is 0.175 e. The van der Waals surface area contributed by atoms with Crippen molar-refractivity contribution in [1.82, 2.24) is 4.98 Å². The zero-order valence-corrected chi connectivity index (χ0v) is 10.8. The minimum atomic E-state index is -0.183. The molecule has 96 valence electrons. The predicted octanol–water partition coefficient (Wildman–Crippen LogP) is -2.07. The van der Waals surface area contributed by atoms with Gasteiger partial charge in [-0.3, -0.25) is 4.98 Å². The van der Waals surface area contributed by atoms with Crippen molar-refractivity contribution < 1.29 is 27.2 Å². The van der Waals surface area contributed by atoms with E-state index in [2.05, 4.69) is 4.98 Å². The Bertz CT molecular complexity index is 518. The molecule has 0 aliphatic heterocycles. The monoisotopic (exact) mass is 266 g/mol. The molecule has 0 atom stereocenters. The summed E-state index contributed by atoms with van der Waals surface area (Å²) in [6, 6.07) is 5.80. The second-order valence-electron chi connectivity index (χ2n) is 3.90. The van der Waals surface area contributed by atoms with Crippen molar-refractivity contribution in [3.8, 4) is 5.75 Å². The Labute approximate surface area is 112 Å². The molecule has 2 heterocycles. The van der Waals surface area contributed by atoms with Crippen molar-refractivity contribution in [1.29, 1.82) is 0 Å². The Morgan fingerprint density at radius 3 is 2.50 bits per heavy atom. The number of halogens is 1. The molecular formula is C13H15ClN2O2. The van der Waals surface area contributed by atoms with Gasteiger partial charge in [0, 0.05) is 29.5 Å². The molecule has 0 saturated heterocycles. The Hall–Kier alpha value is -1.65. The molecule has 2 aromatic heterocycles. The molecule has 0 unspecified atom stereocenters. The average molecular weight is 267 g/mol. The van der Waals surface area contributed by atoms with Crippen molar-refractivity contribution in [3.63, 3.8) is 0 Å². The minimum absolute atomic E-state index is 0. The van der Waals surface area contributed by atoms with Crippen LogP contribution in [0.3, 0.4) is 0 Å².